The zero-order valence-electron chi connectivity index (χ0n) is 14.3. The number of urea groups is 1. The Hall–Kier alpha value is -2.57. The molecule has 2 aliphatic heterocycles. The number of amides is 3. The lowest BCUT2D eigenvalue weighted by Gasteiger charge is -2.38. The maximum Gasteiger partial charge on any atom is 0.320 e. The van der Waals surface area contributed by atoms with Crippen molar-refractivity contribution in [2.24, 2.45) is 0 Å². The minimum Gasteiger partial charge on any atom is -0.345 e. The van der Waals surface area contributed by atoms with Gasteiger partial charge in [-0.3, -0.25) is 4.79 Å². The first-order chi connectivity index (χ1) is 12.2. The van der Waals surface area contributed by atoms with Crippen LogP contribution >= 0.6 is 0 Å². The summed E-state index contributed by atoms with van der Waals surface area (Å²) in [5.74, 6) is 0.0153. The van der Waals surface area contributed by atoms with E-state index in [1.165, 1.54) is 6.42 Å². The van der Waals surface area contributed by atoms with Crippen molar-refractivity contribution in [1.29, 1.82) is 0 Å². The molecule has 0 unspecified atom stereocenters. The van der Waals surface area contributed by atoms with Crippen LogP contribution in [0.2, 0.25) is 0 Å². The molecule has 3 heterocycles. The molecule has 1 aromatic heterocycles. The number of hydrogen-bond donors (Lipinski definition) is 1. The van der Waals surface area contributed by atoms with E-state index in [0.717, 1.165) is 37.0 Å². The monoisotopic (exact) mass is 341 g/mol. The number of aromatic amines is 1. The molecule has 7 nitrogen and oxygen atoms in total. The number of aromatic nitrogens is 2. The predicted octanol–water partition coefficient (Wildman–Crippen LogP) is 1.93. The van der Waals surface area contributed by atoms with Crippen molar-refractivity contribution in [1.82, 2.24) is 24.7 Å². The van der Waals surface area contributed by atoms with Gasteiger partial charge in [-0.1, -0.05) is 0 Å². The van der Waals surface area contributed by atoms with Crippen molar-refractivity contribution in [2.75, 3.05) is 39.3 Å². The smallest absolute Gasteiger partial charge is 0.320 e. The lowest BCUT2D eigenvalue weighted by atomic mass is 10.1. The van der Waals surface area contributed by atoms with Gasteiger partial charge < -0.3 is 19.7 Å². The Bertz CT molecular complexity index is 773. The van der Waals surface area contributed by atoms with Crippen molar-refractivity contribution in [3.63, 3.8) is 0 Å². The summed E-state index contributed by atoms with van der Waals surface area (Å²) in [7, 11) is 0. The number of piperazine rings is 1. The minimum absolute atomic E-state index is 0.0153. The summed E-state index contributed by atoms with van der Waals surface area (Å²) in [5, 5.41) is 0. The molecule has 7 heteroatoms. The number of H-pyrrole nitrogens is 1. The fourth-order valence-electron chi connectivity index (χ4n) is 3.64. The van der Waals surface area contributed by atoms with Crippen LogP contribution in [0.15, 0.2) is 24.5 Å². The summed E-state index contributed by atoms with van der Waals surface area (Å²) in [6.45, 7) is 4.10. The second-order valence-corrected chi connectivity index (χ2v) is 6.74. The van der Waals surface area contributed by atoms with Crippen LogP contribution in [0, 0.1) is 0 Å². The van der Waals surface area contributed by atoms with E-state index in [1.807, 2.05) is 32.9 Å². The highest BCUT2D eigenvalue weighted by Gasteiger charge is 2.28. The number of benzene rings is 1. The number of rotatable bonds is 1. The second-order valence-electron chi connectivity index (χ2n) is 6.74. The van der Waals surface area contributed by atoms with Crippen LogP contribution in [0.4, 0.5) is 4.79 Å². The summed E-state index contributed by atoms with van der Waals surface area (Å²) in [4.78, 5) is 38.2. The van der Waals surface area contributed by atoms with Crippen LogP contribution in [0.5, 0.6) is 0 Å². The molecule has 25 heavy (non-hydrogen) atoms. The SMILES string of the molecule is O=C(c1ccc2nc[nH]c2c1)N1CCN(C(=O)N2CCCCC2)CC1. The molecule has 0 bridgehead atoms. The Morgan fingerprint density at radius 3 is 2.32 bits per heavy atom. The predicted molar refractivity (Wildman–Crippen MR) is 94.4 cm³/mol. The van der Waals surface area contributed by atoms with E-state index in [0.29, 0.717) is 31.7 Å². The summed E-state index contributed by atoms with van der Waals surface area (Å²) in [6.07, 6.45) is 5.04. The van der Waals surface area contributed by atoms with Gasteiger partial charge in [0.1, 0.15) is 0 Å². The molecule has 0 radical (unpaired) electrons. The molecule has 2 saturated heterocycles. The molecule has 0 aliphatic carbocycles. The number of nitrogens with zero attached hydrogens (tertiary/aromatic N) is 4. The normalized spacial score (nSPS) is 18.6. The summed E-state index contributed by atoms with van der Waals surface area (Å²) in [6, 6.07) is 5.65. The summed E-state index contributed by atoms with van der Waals surface area (Å²) >= 11 is 0. The van der Waals surface area contributed by atoms with E-state index in [4.69, 9.17) is 0 Å². The number of fused-ring (bicyclic) bond motifs is 1. The topological polar surface area (TPSA) is 72.5 Å². The Labute approximate surface area is 146 Å². The van der Waals surface area contributed by atoms with E-state index >= 15 is 0 Å². The van der Waals surface area contributed by atoms with E-state index < -0.39 is 0 Å². The van der Waals surface area contributed by atoms with E-state index in [-0.39, 0.29) is 11.9 Å². The standard InChI is InChI=1S/C18H23N5O2/c24-17(14-4-5-15-16(12-14)20-13-19-15)21-8-10-23(11-9-21)18(25)22-6-2-1-3-7-22/h4-5,12-13H,1-3,6-11H2,(H,19,20). The van der Waals surface area contributed by atoms with Gasteiger partial charge in [0.25, 0.3) is 5.91 Å². The fraction of sp³-hybridized carbons (Fsp3) is 0.500. The van der Waals surface area contributed by atoms with Crippen molar-refractivity contribution in [2.45, 2.75) is 19.3 Å². The maximum absolute atomic E-state index is 12.7. The van der Waals surface area contributed by atoms with Crippen molar-refractivity contribution >= 4 is 23.0 Å². The van der Waals surface area contributed by atoms with Gasteiger partial charge in [-0.25, -0.2) is 9.78 Å². The number of piperidine rings is 1. The molecule has 4 rings (SSSR count). The van der Waals surface area contributed by atoms with Crippen LogP contribution in [-0.4, -0.2) is 75.9 Å². The number of carbonyl (C=O) groups is 2. The minimum atomic E-state index is 0.0153. The molecule has 3 amide bonds. The Morgan fingerprint density at radius 2 is 1.56 bits per heavy atom. The highest BCUT2D eigenvalue weighted by molar-refractivity contribution is 5.97. The van der Waals surface area contributed by atoms with Crippen molar-refractivity contribution < 1.29 is 9.59 Å². The molecular weight excluding hydrogens is 318 g/mol. The third-order valence-electron chi connectivity index (χ3n) is 5.13. The van der Waals surface area contributed by atoms with Crippen LogP contribution in [-0.2, 0) is 0 Å². The number of imidazole rings is 1. The average molecular weight is 341 g/mol. The van der Waals surface area contributed by atoms with Gasteiger partial charge >= 0.3 is 6.03 Å². The maximum atomic E-state index is 12.7. The largest absolute Gasteiger partial charge is 0.345 e. The molecule has 0 spiro atoms. The lowest BCUT2D eigenvalue weighted by Crippen LogP contribution is -2.54. The van der Waals surface area contributed by atoms with E-state index in [1.54, 1.807) is 6.33 Å². The molecule has 2 aliphatic rings. The summed E-state index contributed by atoms with van der Waals surface area (Å²) < 4.78 is 0. The summed E-state index contributed by atoms with van der Waals surface area (Å²) in [5.41, 5.74) is 2.38. The first-order valence-electron chi connectivity index (χ1n) is 8.98. The second kappa shape index (κ2) is 6.74. The third kappa shape index (κ3) is 3.18. The van der Waals surface area contributed by atoms with Gasteiger partial charge in [-0.15, -0.1) is 0 Å². The highest BCUT2D eigenvalue weighted by Crippen LogP contribution is 2.16. The van der Waals surface area contributed by atoms with Gasteiger partial charge in [-0.05, 0) is 37.5 Å². The van der Waals surface area contributed by atoms with E-state index in [2.05, 4.69) is 9.97 Å². The lowest BCUT2D eigenvalue weighted by molar-refractivity contribution is 0.0633. The van der Waals surface area contributed by atoms with Gasteiger partial charge in [-0.2, -0.15) is 0 Å². The number of hydrogen-bond acceptors (Lipinski definition) is 3. The zero-order chi connectivity index (χ0) is 17.2. The Kier molecular flexibility index (Phi) is 4.29. The van der Waals surface area contributed by atoms with Gasteiger partial charge in [0.05, 0.1) is 17.4 Å². The molecule has 2 fully saturated rings. The average Bonchev–Trinajstić information content (AvgIpc) is 3.15. The molecule has 1 N–H and O–H groups in total. The molecular formula is C18H23N5O2. The number of likely N-dealkylation sites (tertiary alicyclic amines) is 1. The third-order valence-corrected chi connectivity index (χ3v) is 5.13. The molecule has 132 valence electrons. The number of nitrogens with one attached hydrogen (secondary N) is 1. The van der Waals surface area contributed by atoms with Crippen LogP contribution in [0.25, 0.3) is 11.0 Å². The van der Waals surface area contributed by atoms with Gasteiger partial charge in [0, 0.05) is 44.8 Å². The van der Waals surface area contributed by atoms with Crippen molar-refractivity contribution in [3.8, 4) is 0 Å². The Balaban J connectivity index is 1.37. The fourth-order valence-corrected chi connectivity index (χ4v) is 3.64. The first-order valence-corrected chi connectivity index (χ1v) is 8.98. The Morgan fingerprint density at radius 1 is 0.880 bits per heavy atom. The van der Waals surface area contributed by atoms with Crippen LogP contribution in [0.1, 0.15) is 29.6 Å². The highest BCUT2D eigenvalue weighted by atomic mass is 16.2. The van der Waals surface area contributed by atoms with Gasteiger partial charge in [0.15, 0.2) is 0 Å². The molecule has 1 aromatic carbocycles. The first kappa shape index (κ1) is 15.9. The quantitative estimate of drug-likeness (QED) is 0.861. The van der Waals surface area contributed by atoms with E-state index in [9.17, 15) is 9.59 Å². The number of carbonyl (C=O) groups excluding carboxylic acids is 2. The van der Waals surface area contributed by atoms with Crippen molar-refractivity contribution in [3.05, 3.63) is 30.1 Å². The van der Waals surface area contributed by atoms with Crippen LogP contribution in [0.3, 0.4) is 0 Å². The molecule has 2 aromatic rings. The molecule has 0 atom stereocenters. The van der Waals surface area contributed by atoms with Crippen LogP contribution < -0.4 is 0 Å². The van der Waals surface area contributed by atoms with Gasteiger partial charge in [0.2, 0.25) is 0 Å². The zero-order valence-corrected chi connectivity index (χ0v) is 14.3. The molecule has 0 saturated carbocycles.